The quantitative estimate of drug-likeness (QED) is 0.702. The highest BCUT2D eigenvalue weighted by molar-refractivity contribution is 7.89. The van der Waals surface area contributed by atoms with Crippen molar-refractivity contribution < 1.29 is 13.5 Å². The molecule has 0 bridgehead atoms. The fraction of sp³-hybridized carbons (Fsp3) is 0.500. The van der Waals surface area contributed by atoms with E-state index in [2.05, 4.69) is 4.72 Å². The summed E-state index contributed by atoms with van der Waals surface area (Å²) < 4.78 is 26.6. The summed E-state index contributed by atoms with van der Waals surface area (Å²) in [6, 6.07) is 6.39. The molecule has 100 valence electrons. The number of benzene rings is 1. The van der Waals surface area contributed by atoms with Crippen molar-refractivity contribution >= 4 is 15.7 Å². The molecule has 4 N–H and O–H groups in total. The van der Waals surface area contributed by atoms with Crippen molar-refractivity contribution in [3.8, 4) is 0 Å². The molecule has 1 saturated carbocycles. The lowest BCUT2D eigenvalue weighted by molar-refractivity contribution is 0.178. The molecule has 0 aliphatic heterocycles. The van der Waals surface area contributed by atoms with Crippen molar-refractivity contribution in [3.05, 3.63) is 24.3 Å². The van der Waals surface area contributed by atoms with E-state index < -0.39 is 10.0 Å². The molecule has 5 nitrogen and oxygen atoms in total. The summed E-state index contributed by atoms with van der Waals surface area (Å²) in [7, 11) is -3.55. The van der Waals surface area contributed by atoms with E-state index in [1.165, 1.54) is 6.07 Å². The van der Waals surface area contributed by atoms with Gasteiger partial charge in [0.05, 0.1) is 11.8 Å². The van der Waals surface area contributed by atoms with Crippen LogP contribution in [-0.2, 0) is 10.0 Å². The van der Waals surface area contributed by atoms with Gasteiger partial charge in [0.15, 0.2) is 0 Å². The van der Waals surface area contributed by atoms with Crippen molar-refractivity contribution in [3.63, 3.8) is 0 Å². The summed E-state index contributed by atoms with van der Waals surface area (Å²) in [5, 5.41) is 9.39. The monoisotopic (exact) mass is 270 g/mol. The standard InChI is InChI=1S/C12H18N2O3S/c13-11-3-1-2-4-12(11)18(16,17)14-8-9-5-6-10(15)7-9/h1-4,9-10,14-15H,5-8,13H2. The Kier molecular flexibility index (Phi) is 3.89. The third-order valence-corrected chi connectivity index (χ3v) is 4.78. The van der Waals surface area contributed by atoms with Crippen LogP contribution in [-0.4, -0.2) is 26.2 Å². The van der Waals surface area contributed by atoms with Gasteiger partial charge in [-0.2, -0.15) is 0 Å². The van der Waals surface area contributed by atoms with Crippen molar-refractivity contribution in [2.75, 3.05) is 12.3 Å². The molecule has 0 aromatic heterocycles. The smallest absolute Gasteiger partial charge is 0.242 e. The third kappa shape index (κ3) is 3.01. The Hall–Kier alpha value is -1.11. The van der Waals surface area contributed by atoms with Crippen molar-refractivity contribution in [2.24, 2.45) is 5.92 Å². The fourth-order valence-electron chi connectivity index (χ4n) is 2.26. The highest BCUT2D eigenvalue weighted by atomic mass is 32.2. The van der Waals surface area contributed by atoms with E-state index in [1.54, 1.807) is 18.2 Å². The van der Waals surface area contributed by atoms with Gasteiger partial charge >= 0.3 is 0 Å². The lowest BCUT2D eigenvalue weighted by Gasteiger charge is -2.12. The molecular weight excluding hydrogens is 252 g/mol. The SMILES string of the molecule is Nc1ccccc1S(=O)(=O)NCC1CCC(O)C1. The predicted molar refractivity (Wildman–Crippen MR) is 69.4 cm³/mol. The zero-order valence-electron chi connectivity index (χ0n) is 10.0. The number of nitrogens with one attached hydrogen (secondary N) is 1. The van der Waals surface area contributed by atoms with Gasteiger partial charge in [-0.1, -0.05) is 12.1 Å². The molecule has 1 aliphatic rings. The second-order valence-corrected chi connectivity index (χ2v) is 6.46. The molecule has 0 heterocycles. The Labute approximate surface area is 107 Å². The number of aliphatic hydroxyl groups excluding tert-OH is 1. The van der Waals surface area contributed by atoms with Crippen LogP contribution in [0, 0.1) is 5.92 Å². The van der Waals surface area contributed by atoms with Gasteiger partial charge in [0.2, 0.25) is 10.0 Å². The Morgan fingerprint density at radius 2 is 2.06 bits per heavy atom. The van der Waals surface area contributed by atoms with Crippen LogP contribution in [0.15, 0.2) is 29.2 Å². The number of hydrogen-bond donors (Lipinski definition) is 3. The number of aliphatic hydroxyl groups is 1. The summed E-state index contributed by atoms with van der Waals surface area (Å²) in [6.07, 6.45) is 1.97. The minimum atomic E-state index is -3.55. The molecule has 1 aliphatic carbocycles. The molecule has 1 aromatic carbocycles. The average Bonchev–Trinajstić information content (AvgIpc) is 2.73. The Morgan fingerprint density at radius 3 is 2.67 bits per heavy atom. The lowest BCUT2D eigenvalue weighted by atomic mass is 10.1. The van der Waals surface area contributed by atoms with E-state index in [4.69, 9.17) is 5.73 Å². The van der Waals surface area contributed by atoms with Crippen LogP contribution in [0.1, 0.15) is 19.3 Å². The van der Waals surface area contributed by atoms with Gasteiger partial charge in [0, 0.05) is 6.54 Å². The van der Waals surface area contributed by atoms with Gasteiger partial charge in [-0.3, -0.25) is 0 Å². The third-order valence-electron chi connectivity index (χ3n) is 3.28. The lowest BCUT2D eigenvalue weighted by Crippen LogP contribution is -2.29. The average molecular weight is 270 g/mol. The van der Waals surface area contributed by atoms with Gasteiger partial charge in [0.1, 0.15) is 4.90 Å². The van der Waals surface area contributed by atoms with Crippen LogP contribution in [0.2, 0.25) is 0 Å². The molecule has 1 aromatic rings. The van der Waals surface area contributed by atoms with Gasteiger partial charge < -0.3 is 10.8 Å². The first kappa shape index (κ1) is 13.3. The fourth-order valence-corrected chi connectivity index (χ4v) is 3.51. The van der Waals surface area contributed by atoms with Crippen molar-refractivity contribution in [1.82, 2.24) is 4.72 Å². The summed E-state index contributed by atoms with van der Waals surface area (Å²) in [5.74, 6) is 0.208. The molecule has 0 saturated heterocycles. The Balaban J connectivity index is 2.02. The molecule has 2 unspecified atom stereocenters. The van der Waals surface area contributed by atoms with Gasteiger partial charge in [-0.25, -0.2) is 13.1 Å². The van der Waals surface area contributed by atoms with Crippen molar-refractivity contribution in [2.45, 2.75) is 30.3 Å². The topological polar surface area (TPSA) is 92.4 Å². The van der Waals surface area contributed by atoms with Crippen LogP contribution in [0.4, 0.5) is 5.69 Å². The molecule has 1 fully saturated rings. The van der Waals surface area contributed by atoms with Gasteiger partial charge in [-0.05, 0) is 37.3 Å². The second-order valence-electron chi connectivity index (χ2n) is 4.72. The normalized spacial score (nSPS) is 24.3. The van der Waals surface area contributed by atoms with Crippen molar-refractivity contribution in [1.29, 1.82) is 0 Å². The van der Waals surface area contributed by atoms with Gasteiger partial charge in [0.25, 0.3) is 0 Å². The maximum atomic E-state index is 12.0. The number of rotatable bonds is 4. The molecule has 18 heavy (non-hydrogen) atoms. The van der Waals surface area contributed by atoms with E-state index in [9.17, 15) is 13.5 Å². The van der Waals surface area contributed by atoms with Crippen LogP contribution in [0.25, 0.3) is 0 Å². The van der Waals surface area contributed by atoms with E-state index in [0.29, 0.717) is 13.0 Å². The number of sulfonamides is 1. The summed E-state index contributed by atoms with van der Waals surface area (Å²) >= 11 is 0. The number of hydrogen-bond acceptors (Lipinski definition) is 4. The minimum Gasteiger partial charge on any atom is -0.398 e. The number of anilines is 1. The number of para-hydroxylation sites is 1. The highest BCUT2D eigenvalue weighted by Crippen LogP contribution is 2.25. The number of nitrogens with two attached hydrogens (primary N) is 1. The van der Waals surface area contributed by atoms with E-state index in [-0.39, 0.29) is 22.6 Å². The maximum absolute atomic E-state index is 12.0. The molecular formula is C12H18N2O3S. The van der Waals surface area contributed by atoms with Gasteiger partial charge in [-0.15, -0.1) is 0 Å². The molecule has 2 rings (SSSR count). The van der Waals surface area contributed by atoms with Crippen LogP contribution < -0.4 is 10.5 Å². The number of nitrogen functional groups attached to an aromatic ring is 1. The zero-order valence-corrected chi connectivity index (χ0v) is 10.9. The Bertz CT molecular complexity index is 516. The molecule has 0 spiro atoms. The molecule has 2 atom stereocenters. The van der Waals surface area contributed by atoms with E-state index >= 15 is 0 Å². The first-order valence-corrected chi connectivity index (χ1v) is 7.49. The predicted octanol–water partition coefficient (Wildman–Crippen LogP) is 0.708. The molecule has 0 amide bonds. The second kappa shape index (κ2) is 5.26. The first-order valence-electron chi connectivity index (χ1n) is 6.01. The molecule has 0 radical (unpaired) electrons. The Morgan fingerprint density at radius 1 is 1.33 bits per heavy atom. The zero-order chi connectivity index (χ0) is 13.2. The van der Waals surface area contributed by atoms with E-state index in [1.807, 2.05) is 0 Å². The van der Waals surface area contributed by atoms with Crippen LogP contribution >= 0.6 is 0 Å². The largest absolute Gasteiger partial charge is 0.398 e. The summed E-state index contributed by atoms with van der Waals surface area (Å²) in [5.41, 5.74) is 5.90. The maximum Gasteiger partial charge on any atom is 0.242 e. The first-order chi connectivity index (χ1) is 8.49. The molecule has 6 heteroatoms. The van der Waals surface area contributed by atoms with Crippen LogP contribution in [0.3, 0.4) is 0 Å². The summed E-state index contributed by atoms with van der Waals surface area (Å²) in [4.78, 5) is 0.114. The van der Waals surface area contributed by atoms with Crippen LogP contribution in [0.5, 0.6) is 0 Å². The highest BCUT2D eigenvalue weighted by Gasteiger charge is 2.25. The summed E-state index contributed by atoms with van der Waals surface area (Å²) in [6.45, 7) is 0.355. The van der Waals surface area contributed by atoms with E-state index in [0.717, 1.165) is 12.8 Å². The minimum absolute atomic E-state index is 0.114.